The Balaban J connectivity index is 2.06. The number of amidine groups is 1. The van der Waals surface area contributed by atoms with Crippen molar-refractivity contribution in [1.82, 2.24) is 9.80 Å². The van der Waals surface area contributed by atoms with Crippen LogP contribution in [0.4, 0.5) is 10.7 Å². The molecule has 1 aromatic heterocycles. The van der Waals surface area contributed by atoms with E-state index < -0.39 is 17.7 Å². The zero-order valence-electron chi connectivity index (χ0n) is 13.8. The highest BCUT2D eigenvalue weighted by Crippen LogP contribution is 2.39. The molecule has 3 amide bonds. The number of imide groups is 1. The minimum atomic E-state index is -0.999. The number of hydrogen-bond donors (Lipinski definition) is 0. The molecule has 1 aromatic rings. The Hall–Kier alpha value is -2.27. The molecule has 3 heterocycles. The van der Waals surface area contributed by atoms with E-state index in [2.05, 4.69) is 32.8 Å². The molecule has 0 aliphatic carbocycles. The third-order valence-corrected chi connectivity index (χ3v) is 5.00. The van der Waals surface area contributed by atoms with Gasteiger partial charge in [-0.05, 0) is 42.8 Å². The number of urea groups is 1. The van der Waals surface area contributed by atoms with Crippen LogP contribution in [0.2, 0.25) is 0 Å². The third-order valence-electron chi connectivity index (χ3n) is 4.37. The lowest BCUT2D eigenvalue weighted by atomic mass is 9.97. The first-order valence-corrected chi connectivity index (χ1v) is 8.20. The Bertz CT molecular complexity index is 806. The first kappa shape index (κ1) is 16.6. The predicted molar refractivity (Wildman–Crippen MR) is 92.8 cm³/mol. The number of nitrogens with zero attached hydrogens (tertiary/aromatic N) is 4. The van der Waals surface area contributed by atoms with Gasteiger partial charge < -0.3 is 9.32 Å². The second-order valence-corrected chi connectivity index (χ2v) is 6.54. The Morgan fingerprint density at radius 2 is 2.12 bits per heavy atom. The fraction of sp³-hybridized carbons (Fsp3) is 0.438. The fourth-order valence-corrected chi connectivity index (χ4v) is 3.65. The largest absolute Gasteiger partial charge is 0.445 e. The van der Waals surface area contributed by atoms with Gasteiger partial charge in [0.15, 0.2) is 16.4 Å². The number of amides is 3. The van der Waals surface area contributed by atoms with Gasteiger partial charge in [-0.25, -0.2) is 9.79 Å². The van der Waals surface area contributed by atoms with Crippen molar-refractivity contribution in [3.63, 3.8) is 0 Å². The van der Waals surface area contributed by atoms with Crippen molar-refractivity contribution in [2.75, 3.05) is 18.5 Å². The number of hydrogen-bond acceptors (Lipinski definition) is 5. The maximum Gasteiger partial charge on any atom is 0.335 e. The number of furan rings is 1. The maximum absolute atomic E-state index is 13.1. The van der Waals surface area contributed by atoms with Gasteiger partial charge in [-0.2, -0.15) is 4.90 Å². The van der Waals surface area contributed by atoms with Crippen LogP contribution >= 0.6 is 15.9 Å². The lowest BCUT2D eigenvalue weighted by Crippen LogP contribution is -2.70. The second kappa shape index (κ2) is 5.67. The third kappa shape index (κ3) is 2.23. The number of anilines is 1. The molecule has 126 valence electrons. The number of aliphatic imine (C=N–C) groups is 1. The van der Waals surface area contributed by atoms with Crippen LogP contribution in [0.3, 0.4) is 0 Å². The van der Waals surface area contributed by atoms with E-state index in [1.807, 2.05) is 0 Å². The average molecular weight is 393 g/mol. The van der Waals surface area contributed by atoms with Gasteiger partial charge in [-0.15, -0.1) is 5.92 Å². The Morgan fingerprint density at radius 3 is 2.71 bits per heavy atom. The first-order valence-electron chi connectivity index (χ1n) is 7.41. The normalized spacial score (nSPS) is 26.3. The Morgan fingerprint density at radius 1 is 1.42 bits per heavy atom. The molecule has 8 heteroatoms. The summed E-state index contributed by atoms with van der Waals surface area (Å²) in [5.41, 5.74) is -0.999. The van der Waals surface area contributed by atoms with E-state index in [1.165, 1.54) is 4.90 Å². The summed E-state index contributed by atoms with van der Waals surface area (Å²) in [5.74, 6) is 6.21. The summed E-state index contributed by atoms with van der Waals surface area (Å²) in [4.78, 5) is 34.7. The van der Waals surface area contributed by atoms with Gasteiger partial charge >= 0.3 is 6.03 Å². The average Bonchev–Trinajstić information content (AvgIpc) is 3.05. The van der Waals surface area contributed by atoms with Crippen LogP contribution in [0.5, 0.6) is 0 Å². The summed E-state index contributed by atoms with van der Waals surface area (Å²) in [6.07, 6.45) is 0. The number of likely N-dealkylation sites (N-methyl/N-ethyl adjacent to an activating group) is 1. The highest BCUT2D eigenvalue weighted by molar-refractivity contribution is 9.18. The van der Waals surface area contributed by atoms with E-state index in [0.29, 0.717) is 17.0 Å². The van der Waals surface area contributed by atoms with Crippen LogP contribution in [-0.4, -0.2) is 51.8 Å². The van der Waals surface area contributed by atoms with E-state index in [4.69, 9.17) is 4.42 Å². The van der Waals surface area contributed by atoms with Gasteiger partial charge in [-0.3, -0.25) is 9.69 Å². The van der Waals surface area contributed by atoms with E-state index >= 15 is 0 Å². The lowest BCUT2D eigenvalue weighted by molar-refractivity contribution is -0.127. The quantitative estimate of drug-likeness (QED) is 0.571. The molecule has 2 aliphatic rings. The summed E-state index contributed by atoms with van der Waals surface area (Å²) < 4.78 is 6.00. The van der Waals surface area contributed by atoms with Crippen LogP contribution < -0.4 is 4.90 Å². The van der Waals surface area contributed by atoms with Gasteiger partial charge in [0, 0.05) is 13.1 Å². The number of carbonyl (C=O) groups is 2. The number of fused-ring (bicyclic) bond motifs is 1. The highest BCUT2D eigenvalue weighted by Gasteiger charge is 2.60. The van der Waals surface area contributed by atoms with Crippen LogP contribution in [0.25, 0.3) is 0 Å². The van der Waals surface area contributed by atoms with Crippen LogP contribution in [0, 0.1) is 18.8 Å². The van der Waals surface area contributed by atoms with E-state index in [0.717, 1.165) is 4.90 Å². The van der Waals surface area contributed by atoms with Crippen molar-refractivity contribution in [3.05, 3.63) is 17.9 Å². The standard InChI is InChI=1S/C16H17BrN4O3/c1-5-6-9-20-12-13(22)21(11-8-7-10(2)24-11)15(23)19(4)16(12,3)18-14(20)17/h7-8,12H,9H2,1-4H3. The number of aryl methyl sites for hydroxylation is 1. The lowest BCUT2D eigenvalue weighted by Gasteiger charge is -2.46. The number of rotatable bonds is 2. The second-order valence-electron chi connectivity index (χ2n) is 5.83. The molecule has 2 aliphatic heterocycles. The summed E-state index contributed by atoms with van der Waals surface area (Å²) >= 11 is 3.39. The van der Waals surface area contributed by atoms with Gasteiger partial charge in [0.25, 0.3) is 5.91 Å². The van der Waals surface area contributed by atoms with Crippen molar-refractivity contribution in [2.24, 2.45) is 4.99 Å². The summed E-state index contributed by atoms with van der Waals surface area (Å²) in [7, 11) is 1.63. The molecule has 0 saturated carbocycles. The molecule has 0 bridgehead atoms. The predicted octanol–water partition coefficient (Wildman–Crippen LogP) is 2.16. The number of carbonyl (C=O) groups excluding carboxylic acids is 2. The van der Waals surface area contributed by atoms with Gasteiger partial charge in [0.05, 0.1) is 6.54 Å². The fourth-order valence-electron chi connectivity index (χ4n) is 2.97. The van der Waals surface area contributed by atoms with Crippen molar-refractivity contribution in [2.45, 2.75) is 32.5 Å². The zero-order chi connectivity index (χ0) is 17.6. The monoisotopic (exact) mass is 392 g/mol. The van der Waals surface area contributed by atoms with Crippen molar-refractivity contribution < 1.29 is 14.0 Å². The molecular formula is C16H17BrN4O3. The van der Waals surface area contributed by atoms with E-state index in [9.17, 15) is 9.59 Å². The molecule has 1 fully saturated rings. The van der Waals surface area contributed by atoms with Crippen molar-refractivity contribution in [1.29, 1.82) is 0 Å². The van der Waals surface area contributed by atoms with Crippen LogP contribution in [-0.2, 0) is 4.79 Å². The number of halogens is 1. The van der Waals surface area contributed by atoms with Crippen molar-refractivity contribution in [3.8, 4) is 11.8 Å². The topological polar surface area (TPSA) is 69.4 Å². The molecule has 3 rings (SSSR count). The molecule has 0 aromatic carbocycles. The minimum Gasteiger partial charge on any atom is -0.445 e. The molecule has 0 N–H and O–H groups in total. The smallest absolute Gasteiger partial charge is 0.335 e. The van der Waals surface area contributed by atoms with Gasteiger partial charge in [0.1, 0.15) is 5.76 Å². The summed E-state index contributed by atoms with van der Waals surface area (Å²) in [5, 5.41) is 0. The van der Waals surface area contributed by atoms with E-state index in [-0.39, 0.29) is 11.8 Å². The molecule has 0 radical (unpaired) electrons. The molecule has 7 nitrogen and oxygen atoms in total. The molecule has 1 saturated heterocycles. The summed E-state index contributed by atoms with van der Waals surface area (Å²) in [6.45, 7) is 5.59. The molecule has 0 spiro atoms. The first-order chi connectivity index (χ1) is 11.3. The molecule has 24 heavy (non-hydrogen) atoms. The SMILES string of the molecule is CC#CCN1C(Br)=NC2(C)C1C(=O)N(c1ccc(C)o1)C(=O)N2C. The highest BCUT2D eigenvalue weighted by atomic mass is 79.9. The Labute approximate surface area is 148 Å². The maximum atomic E-state index is 13.1. The van der Waals surface area contributed by atoms with Crippen molar-refractivity contribution >= 4 is 38.5 Å². The van der Waals surface area contributed by atoms with Crippen LogP contribution in [0.15, 0.2) is 21.5 Å². The van der Waals surface area contributed by atoms with Gasteiger partial charge in [-0.1, -0.05) is 5.92 Å². The molecule has 2 unspecified atom stereocenters. The molecular weight excluding hydrogens is 376 g/mol. The molecule has 2 atom stereocenters. The van der Waals surface area contributed by atoms with Gasteiger partial charge in [0.2, 0.25) is 5.88 Å². The Kier molecular flexibility index (Phi) is 3.92. The minimum absolute atomic E-state index is 0.209. The summed E-state index contributed by atoms with van der Waals surface area (Å²) in [6, 6.07) is 2.18. The van der Waals surface area contributed by atoms with Crippen LogP contribution in [0.1, 0.15) is 19.6 Å². The zero-order valence-corrected chi connectivity index (χ0v) is 15.4. The van der Waals surface area contributed by atoms with E-state index in [1.54, 1.807) is 44.9 Å².